The highest BCUT2D eigenvalue weighted by Gasteiger charge is 2.32. The van der Waals surface area contributed by atoms with E-state index in [4.69, 9.17) is 10.5 Å². The minimum atomic E-state index is -0.274. The standard InChI is InChI=1S/C33H35N7O3/c1-33(2)14-20-12-27-31(42)40(11-10-39(27)28(20)15-33)26-5-3-4-22(24(26)16-41)29-23-13-25(35-30(23)37-32(34)36-29)19-6-8-38(9-7-19)21-17-43-18-21/h3-6,10-13,21,41H,7-9,14-18H2,1-2H3,(H3,34,35,36,37). The Balaban J connectivity index is 1.21. The predicted octanol–water partition coefficient (Wildman–Crippen LogP) is 3.72. The Bertz CT molecular complexity index is 2010. The third-order valence-corrected chi connectivity index (χ3v) is 9.40. The van der Waals surface area contributed by atoms with E-state index >= 15 is 0 Å². The maximum absolute atomic E-state index is 13.8. The van der Waals surface area contributed by atoms with Crippen LogP contribution in [0.5, 0.6) is 0 Å². The molecular weight excluding hydrogens is 542 g/mol. The number of H-pyrrole nitrogens is 1. The lowest BCUT2D eigenvalue weighted by molar-refractivity contribution is -0.0612. The molecule has 43 heavy (non-hydrogen) atoms. The number of nitrogen functional groups attached to an aromatic ring is 1. The summed E-state index contributed by atoms with van der Waals surface area (Å²) in [5, 5.41) is 11.5. The molecule has 1 aromatic carbocycles. The minimum Gasteiger partial charge on any atom is -0.392 e. The van der Waals surface area contributed by atoms with Crippen molar-refractivity contribution in [1.82, 2.24) is 28.8 Å². The van der Waals surface area contributed by atoms with Crippen molar-refractivity contribution in [2.45, 2.75) is 45.8 Å². The van der Waals surface area contributed by atoms with E-state index in [1.807, 2.05) is 34.9 Å². The fraction of sp³-hybridized carbons (Fsp3) is 0.364. The molecule has 0 amide bonds. The Hall–Kier alpha value is -4.25. The first-order chi connectivity index (χ1) is 20.8. The van der Waals surface area contributed by atoms with Gasteiger partial charge in [0.05, 0.1) is 37.2 Å². The Morgan fingerprint density at radius 2 is 2.02 bits per heavy atom. The molecule has 8 rings (SSSR count). The number of hydrogen-bond donors (Lipinski definition) is 3. The SMILES string of the molecule is CC1(C)Cc2cc3c(=O)n(-c4cccc(-c5nc(N)nc6[nH]c(C7=CCN(C8COC8)CC7)cc56)c4CO)ccn3c2C1. The van der Waals surface area contributed by atoms with Gasteiger partial charge in [0.25, 0.3) is 5.56 Å². The fourth-order valence-corrected chi connectivity index (χ4v) is 7.14. The number of aliphatic hydroxyl groups excluding tert-OH is 1. The summed E-state index contributed by atoms with van der Waals surface area (Å²) in [5.41, 5.74) is 14.8. The maximum atomic E-state index is 13.8. The van der Waals surface area contributed by atoms with Crippen LogP contribution >= 0.6 is 0 Å². The van der Waals surface area contributed by atoms with Gasteiger partial charge in [-0.05, 0) is 54.0 Å². The molecule has 3 aliphatic rings. The molecule has 1 aliphatic carbocycles. The molecule has 6 heterocycles. The van der Waals surface area contributed by atoms with Gasteiger partial charge in [-0.2, -0.15) is 4.98 Å². The number of nitrogens with one attached hydrogen (secondary N) is 1. The average Bonchev–Trinajstić information content (AvgIpc) is 3.62. The van der Waals surface area contributed by atoms with Crippen LogP contribution in [0.3, 0.4) is 0 Å². The van der Waals surface area contributed by atoms with Crippen LogP contribution in [0, 0.1) is 5.41 Å². The van der Waals surface area contributed by atoms with E-state index < -0.39 is 0 Å². The summed E-state index contributed by atoms with van der Waals surface area (Å²) in [4.78, 5) is 28.9. The molecule has 0 atom stereocenters. The molecule has 10 heteroatoms. The van der Waals surface area contributed by atoms with Crippen molar-refractivity contribution in [3.8, 4) is 16.9 Å². The van der Waals surface area contributed by atoms with Crippen LogP contribution in [0.4, 0.5) is 5.95 Å². The molecule has 10 nitrogen and oxygen atoms in total. The van der Waals surface area contributed by atoms with Crippen molar-refractivity contribution in [2.24, 2.45) is 5.41 Å². The number of benzene rings is 1. The van der Waals surface area contributed by atoms with Crippen molar-refractivity contribution in [2.75, 3.05) is 32.0 Å². The lowest BCUT2D eigenvalue weighted by atomic mass is 9.90. The van der Waals surface area contributed by atoms with E-state index in [0.29, 0.717) is 39.7 Å². The van der Waals surface area contributed by atoms with Gasteiger partial charge in [0.1, 0.15) is 11.2 Å². The molecule has 4 aromatic heterocycles. The quantitative estimate of drug-likeness (QED) is 0.291. The highest BCUT2D eigenvalue weighted by Crippen LogP contribution is 2.38. The summed E-state index contributed by atoms with van der Waals surface area (Å²) in [6.45, 7) is 7.73. The molecule has 0 bridgehead atoms. The highest BCUT2D eigenvalue weighted by molar-refractivity contribution is 5.95. The molecule has 2 aliphatic heterocycles. The fourth-order valence-electron chi connectivity index (χ4n) is 7.14. The van der Waals surface area contributed by atoms with Crippen LogP contribution in [-0.4, -0.2) is 66.3 Å². The van der Waals surface area contributed by atoms with E-state index in [1.54, 1.807) is 10.8 Å². The van der Waals surface area contributed by atoms with Gasteiger partial charge in [-0.3, -0.25) is 14.3 Å². The second-order valence-electron chi connectivity index (χ2n) is 12.9. The van der Waals surface area contributed by atoms with E-state index in [-0.39, 0.29) is 23.5 Å². The molecule has 5 aromatic rings. The zero-order valence-corrected chi connectivity index (χ0v) is 24.4. The predicted molar refractivity (Wildman–Crippen MR) is 166 cm³/mol. The summed E-state index contributed by atoms with van der Waals surface area (Å²) >= 11 is 0. The number of nitrogens with two attached hydrogens (primary N) is 1. The first kappa shape index (κ1) is 26.4. The Kier molecular flexibility index (Phi) is 5.91. The molecule has 0 spiro atoms. The largest absolute Gasteiger partial charge is 0.392 e. The molecule has 1 saturated heterocycles. The van der Waals surface area contributed by atoms with Crippen LogP contribution in [0.15, 0.2) is 53.6 Å². The summed E-state index contributed by atoms with van der Waals surface area (Å²) in [6.07, 6.45) is 8.84. The Morgan fingerprint density at radius 3 is 2.77 bits per heavy atom. The summed E-state index contributed by atoms with van der Waals surface area (Å²) in [5.74, 6) is 0.142. The van der Waals surface area contributed by atoms with Gasteiger partial charge >= 0.3 is 0 Å². The monoisotopic (exact) mass is 577 g/mol. The van der Waals surface area contributed by atoms with Gasteiger partial charge in [0.2, 0.25) is 5.95 Å². The smallest absolute Gasteiger partial charge is 0.279 e. The number of aromatic amines is 1. The van der Waals surface area contributed by atoms with Crippen molar-refractivity contribution < 1.29 is 9.84 Å². The maximum Gasteiger partial charge on any atom is 0.279 e. The van der Waals surface area contributed by atoms with Crippen molar-refractivity contribution in [3.63, 3.8) is 0 Å². The number of aliphatic hydroxyl groups is 1. The number of hydrogen-bond acceptors (Lipinski definition) is 7. The van der Waals surface area contributed by atoms with E-state index in [0.717, 1.165) is 56.6 Å². The van der Waals surface area contributed by atoms with Gasteiger partial charge in [-0.1, -0.05) is 32.1 Å². The van der Waals surface area contributed by atoms with Gasteiger partial charge in [0.15, 0.2) is 0 Å². The Labute approximate surface area is 248 Å². The number of fused-ring (bicyclic) bond motifs is 4. The third-order valence-electron chi connectivity index (χ3n) is 9.40. The first-order valence-corrected chi connectivity index (χ1v) is 14.9. The zero-order chi connectivity index (χ0) is 29.5. The van der Waals surface area contributed by atoms with Crippen LogP contribution in [0.25, 0.3) is 39.1 Å². The van der Waals surface area contributed by atoms with E-state index in [1.165, 1.54) is 16.8 Å². The number of nitrogens with zero attached hydrogens (tertiary/aromatic N) is 5. The summed E-state index contributed by atoms with van der Waals surface area (Å²) < 4.78 is 9.03. The number of aromatic nitrogens is 5. The molecule has 0 unspecified atom stereocenters. The zero-order valence-electron chi connectivity index (χ0n) is 24.4. The normalized spacial score (nSPS) is 18.7. The molecule has 4 N–H and O–H groups in total. The van der Waals surface area contributed by atoms with Gasteiger partial charge in [-0.15, -0.1) is 0 Å². The number of rotatable bonds is 5. The van der Waals surface area contributed by atoms with Gasteiger partial charge in [-0.25, -0.2) is 4.98 Å². The average molecular weight is 578 g/mol. The first-order valence-electron chi connectivity index (χ1n) is 14.9. The molecular formula is C33H35N7O3. The van der Waals surface area contributed by atoms with Gasteiger partial charge in [0, 0.05) is 53.4 Å². The van der Waals surface area contributed by atoms with Crippen molar-refractivity contribution >= 4 is 28.1 Å². The van der Waals surface area contributed by atoms with Crippen molar-refractivity contribution in [3.05, 3.63) is 81.7 Å². The molecule has 0 saturated carbocycles. The Morgan fingerprint density at radius 1 is 1.16 bits per heavy atom. The molecule has 1 fully saturated rings. The number of anilines is 1. The summed E-state index contributed by atoms with van der Waals surface area (Å²) in [7, 11) is 0. The lowest BCUT2D eigenvalue weighted by Crippen LogP contribution is -2.50. The molecule has 0 radical (unpaired) electrons. The van der Waals surface area contributed by atoms with Crippen LogP contribution < -0.4 is 11.3 Å². The van der Waals surface area contributed by atoms with Crippen LogP contribution in [0.1, 0.15) is 42.8 Å². The topological polar surface area (TPSA) is 127 Å². The second-order valence-corrected chi connectivity index (χ2v) is 12.9. The lowest BCUT2D eigenvalue weighted by Gasteiger charge is -2.38. The van der Waals surface area contributed by atoms with Crippen LogP contribution in [-0.2, 0) is 24.2 Å². The third kappa shape index (κ3) is 4.23. The molecule has 220 valence electrons. The summed E-state index contributed by atoms with van der Waals surface area (Å²) in [6, 6.07) is 10.3. The van der Waals surface area contributed by atoms with E-state index in [2.05, 4.69) is 45.8 Å². The number of ether oxygens (including phenoxy) is 1. The highest BCUT2D eigenvalue weighted by atomic mass is 16.5. The van der Waals surface area contributed by atoms with Gasteiger partial charge < -0.3 is 25.0 Å². The van der Waals surface area contributed by atoms with Crippen molar-refractivity contribution in [1.29, 1.82) is 0 Å². The minimum absolute atomic E-state index is 0.121. The van der Waals surface area contributed by atoms with E-state index in [9.17, 15) is 9.90 Å². The van der Waals surface area contributed by atoms with Crippen LogP contribution in [0.2, 0.25) is 0 Å². The second kappa shape index (κ2) is 9.63.